The minimum Gasteiger partial charge on any atom is -0.785 e. The van der Waals surface area contributed by atoms with Gasteiger partial charge in [-0.1, -0.05) is 0 Å². The van der Waals surface area contributed by atoms with Crippen molar-refractivity contribution in [2.75, 3.05) is 13.2 Å². The van der Waals surface area contributed by atoms with E-state index in [9.17, 15) is 5.21 Å². The summed E-state index contributed by atoms with van der Waals surface area (Å²) in [7, 11) is 0. The molecule has 0 amide bonds. The van der Waals surface area contributed by atoms with E-state index in [1.54, 1.807) is 0 Å². The zero-order valence-electron chi connectivity index (χ0n) is 5.25. The summed E-state index contributed by atoms with van der Waals surface area (Å²) < 4.78 is 5.00. The van der Waals surface area contributed by atoms with Crippen LogP contribution in [0.15, 0.2) is 0 Å². The molecule has 0 bridgehead atoms. The van der Waals surface area contributed by atoms with E-state index in [2.05, 4.69) is 0 Å². The molecule has 3 heteroatoms. The Morgan fingerprint density at radius 2 is 2.44 bits per heavy atom. The van der Waals surface area contributed by atoms with Crippen LogP contribution in [0.1, 0.15) is 12.8 Å². The number of epoxide rings is 1. The number of nitrogens with zero attached hydrogens (tertiary/aromatic N) is 1. The largest absolute Gasteiger partial charge is 0.785 e. The zero-order chi connectivity index (χ0) is 6.27. The zero-order valence-corrected chi connectivity index (χ0v) is 5.25. The molecule has 2 rings (SSSR count). The summed E-state index contributed by atoms with van der Waals surface area (Å²) in [6.45, 7) is 1.61. The molecule has 0 radical (unpaired) electrons. The molecule has 0 aliphatic carbocycles. The lowest BCUT2D eigenvalue weighted by Gasteiger charge is -2.46. The fourth-order valence-electron chi connectivity index (χ4n) is 1.16. The second-order valence-corrected chi connectivity index (χ2v) is 2.77. The molecule has 0 spiro atoms. The van der Waals surface area contributed by atoms with Gasteiger partial charge in [-0.05, 0) is 19.4 Å². The third kappa shape index (κ3) is 1.08. The molecule has 2 aliphatic rings. The van der Waals surface area contributed by atoms with Gasteiger partial charge in [0.05, 0.1) is 12.7 Å². The Bertz CT molecular complexity index is 114. The van der Waals surface area contributed by atoms with Gasteiger partial charge in [-0.15, -0.1) is 0 Å². The van der Waals surface area contributed by atoms with E-state index in [1.807, 2.05) is 0 Å². The molecule has 0 N–H and O–H groups in total. The van der Waals surface area contributed by atoms with Crippen LogP contribution in [0.4, 0.5) is 0 Å². The van der Waals surface area contributed by atoms with Gasteiger partial charge in [0.15, 0.2) is 0 Å². The summed E-state index contributed by atoms with van der Waals surface area (Å²) in [6, 6.07) is 0.289. The Morgan fingerprint density at radius 1 is 1.67 bits per heavy atom. The van der Waals surface area contributed by atoms with Crippen LogP contribution in [-0.2, 0) is 4.74 Å². The molecule has 0 saturated carbocycles. The van der Waals surface area contributed by atoms with Crippen molar-refractivity contribution in [3.05, 3.63) is 5.21 Å². The number of hydrogen-bond donors (Lipinski definition) is 0. The average Bonchev–Trinajstić information content (AvgIpc) is 2.62. The van der Waals surface area contributed by atoms with E-state index < -0.39 is 0 Å². The lowest BCUT2D eigenvalue weighted by atomic mass is 10.0. The van der Waals surface area contributed by atoms with Gasteiger partial charge in [-0.25, -0.2) is 0 Å². The third-order valence-corrected chi connectivity index (χ3v) is 2.03. The molecular formula is C6H10NO2-. The highest BCUT2D eigenvalue weighted by molar-refractivity contribution is 4.87. The van der Waals surface area contributed by atoms with Gasteiger partial charge in [0.2, 0.25) is 0 Å². The minimum absolute atomic E-state index is 0.289. The smallest absolute Gasteiger partial charge is 0.0824 e. The highest BCUT2D eigenvalue weighted by Crippen LogP contribution is 2.25. The second kappa shape index (κ2) is 1.94. The quantitative estimate of drug-likeness (QED) is 0.503. The van der Waals surface area contributed by atoms with Gasteiger partial charge < -0.3 is 15.0 Å². The van der Waals surface area contributed by atoms with Crippen LogP contribution in [0.25, 0.3) is 0 Å². The predicted molar refractivity (Wildman–Crippen MR) is 32.8 cm³/mol. The van der Waals surface area contributed by atoms with Crippen molar-refractivity contribution in [2.45, 2.75) is 25.0 Å². The van der Waals surface area contributed by atoms with Crippen molar-refractivity contribution in [3.63, 3.8) is 0 Å². The lowest BCUT2D eigenvalue weighted by Crippen LogP contribution is -2.43. The highest BCUT2D eigenvalue weighted by Gasteiger charge is 2.30. The molecule has 2 aliphatic heterocycles. The van der Waals surface area contributed by atoms with Crippen LogP contribution in [0.5, 0.6) is 0 Å². The topological polar surface area (TPSA) is 38.8 Å². The Kier molecular flexibility index (Phi) is 1.22. The fraction of sp³-hybridized carbons (Fsp3) is 1.00. The van der Waals surface area contributed by atoms with Crippen LogP contribution >= 0.6 is 0 Å². The Morgan fingerprint density at radius 3 is 2.78 bits per heavy atom. The standard InChI is InChI=1S/C6H10NO2/c8-7-2-1-5(7)3-6-4-9-6/h5-6H,1-4H2/q-1. The van der Waals surface area contributed by atoms with E-state index >= 15 is 0 Å². The van der Waals surface area contributed by atoms with Gasteiger partial charge in [0.25, 0.3) is 0 Å². The molecular weight excluding hydrogens is 118 g/mol. The van der Waals surface area contributed by atoms with Gasteiger partial charge in [0.1, 0.15) is 0 Å². The summed E-state index contributed by atoms with van der Waals surface area (Å²) in [5.41, 5.74) is 0. The SMILES string of the molecule is [O-]N1CCC1CC1CO1. The van der Waals surface area contributed by atoms with Gasteiger partial charge in [-0.3, -0.25) is 0 Å². The lowest BCUT2D eigenvalue weighted by molar-refractivity contribution is 0.136. The number of hydroxylamine groups is 2. The molecule has 2 atom stereocenters. The Hall–Kier alpha value is -0.120. The Labute approximate surface area is 54.2 Å². The fourth-order valence-corrected chi connectivity index (χ4v) is 1.16. The van der Waals surface area contributed by atoms with Gasteiger partial charge in [-0.2, -0.15) is 0 Å². The van der Waals surface area contributed by atoms with Crippen molar-refractivity contribution in [1.29, 1.82) is 0 Å². The number of ether oxygens (including phenoxy) is 1. The highest BCUT2D eigenvalue weighted by atomic mass is 16.6. The summed E-state index contributed by atoms with van der Waals surface area (Å²) in [6.07, 6.45) is 2.46. The molecule has 52 valence electrons. The first-order chi connectivity index (χ1) is 4.36. The monoisotopic (exact) mass is 128 g/mol. The summed E-state index contributed by atoms with van der Waals surface area (Å²) >= 11 is 0. The van der Waals surface area contributed by atoms with Gasteiger partial charge >= 0.3 is 0 Å². The van der Waals surface area contributed by atoms with Crippen molar-refractivity contribution in [3.8, 4) is 0 Å². The number of hydrogen-bond acceptors (Lipinski definition) is 3. The molecule has 0 aromatic carbocycles. The van der Waals surface area contributed by atoms with E-state index in [4.69, 9.17) is 4.74 Å². The van der Waals surface area contributed by atoms with Crippen molar-refractivity contribution >= 4 is 0 Å². The predicted octanol–water partition coefficient (Wildman–Crippen LogP) is 0.347. The molecule has 3 nitrogen and oxygen atoms in total. The van der Waals surface area contributed by atoms with E-state index in [-0.39, 0.29) is 6.04 Å². The molecule has 0 aromatic heterocycles. The minimum atomic E-state index is 0.289. The molecule has 2 saturated heterocycles. The molecule has 2 unspecified atom stereocenters. The first kappa shape index (κ1) is 5.65. The maximum Gasteiger partial charge on any atom is 0.0824 e. The molecule has 9 heavy (non-hydrogen) atoms. The molecule has 2 heterocycles. The first-order valence-corrected chi connectivity index (χ1v) is 3.41. The van der Waals surface area contributed by atoms with Crippen LogP contribution in [0, 0.1) is 5.21 Å². The van der Waals surface area contributed by atoms with Crippen molar-refractivity contribution in [2.24, 2.45) is 0 Å². The van der Waals surface area contributed by atoms with Crippen molar-refractivity contribution in [1.82, 2.24) is 5.06 Å². The van der Waals surface area contributed by atoms with E-state index in [0.717, 1.165) is 31.1 Å². The first-order valence-electron chi connectivity index (χ1n) is 3.41. The van der Waals surface area contributed by atoms with Crippen LogP contribution in [0.3, 0.4) is 0 Å². The second-order valence-electron chi connectivity index (χ2n) is 2.77. The summed E-state index contributed by atoms with van der Waals surface area (Å²) in [4.78, 5) is 0. The molecule has 2 fully saturated rings. The van der Waals surface area contributed by atoms with Crippen LogP contribution in [-0.4, -0.2) is 30.4 Å². The number of rotatable bonds is 2. The van der Waals surface area contributed by atoms with E-state index in [0.29, 0.717) is 6.10 Å². The third-order valence-electron chi connectivity index (χ3n) is 2.03. The normalized spacial score (nSPS) is 42.3. The van der Waals surface area contributed by atoms with Crippen molar-refractivity contribution < 1.29 is 4.74 Å². The maximum atomic E-state index is 10.7. The van der Waals surface area contributed by atoms with E-state index in [1.165, 1.54) is 0 Å². The summed E-state index contributed by atoms with van der Waals surface area (Å²) in [5, 5.41) is 11.8. The van der Waals surface area contributed by atoms with Gasteiger partial charge in [0, 0.05) is 6.04 Å². The molecule has 0 aromatic rings. The summed E-state index contributed by atoms with van der Waals surface area (Å²) in [5.74, 6) is 0. The van der Waals surface area contributed by atoms with Crippen LogP contribution < -0.4 is 0 Å². The Balaban J connectivity index is 1.72. The van der Waals surface area contributed by atoms with Crippen LogP contribution in [0.2, 0.25) is 0 Å². The maximum absolute atomic E-state index is 10.7. The average molecular weight is 128 g/mol.